The molecule has 3 unspecified atom stereocenters. The first-order chi connectivity index (χ1) is 12.4. The van der Waals surface area contributed by atoms with Gasteiger partial charge in [0.15, 0.2) is 0 Å². The third kappa shape index (κ3) is 7.29. The molecule has 26 heavy (non-hydrogen) atoms. The first-order valence-corrected chi connectivity index (χ1v) is 9.56. The van der Waals surface area contributed by atoms with Crippen LogP contribution in [0.25, 0.3) is 0 Å². The summed E-state index contributed by atoms with van der Waals surface area (Å²) in [7, 11) is 0. The topological polar surface area (TPSA) is 131 Å². The van der Waals surface area contributed by atoms with Crippen molar-refractivity contribution in [2.45, 2.75) is 76.9 Å². The van der Waals surface area contributed by atoms with E-state index in [0.29, 0.717) is 19.6 Å². The van der Waals surface area contributed by atoms with E-state index in [9.17, 15) is 14.4 Å². The zero-order chi connectivity index (χ0) is 19.5. The molecule has 0 heterocycles. The molecule has 1 aliphatic carbocycles. The molecule has 0 aromatic carbocycles. The Hall–Kier alpha value is -1.67. The largest absolute Gasteiger partial charge is 0.480 e. The fraction of sp³-hybridized carbons (Fsp3) is 0.833. The molecule has 0 bridgehead atoms. The van der Waals surface area contributed by atoms with E-state index >= 15 is 0 Å². The SMILES string of the molecule is CCOC(=O)C1CCCCC1NC(CCCCN)C(=O)N[C@@H](C)C(=O)O. The van der Waals surface area contributed by atoms with Gasteiger partial charge in [-0.25, -0.2) is 0 Å². The van der Waals surface area contributed by atoms with E-state index in [4.69, 9.17) is 15.6 Å². The Bertz CT molecular complexity index is 472. The number of hydrogen-bond acceptors (Lipinski definition) is 6. The Morgan fingerprint density at radius 1 is 1.23 bits per heavy atom. The number of rotatable bonds is 11. The lowest BCUT2D eigenvalue weighted by atomic mass is 9.83. The highest BCUT2D eigenvalue weighted by Gasteiger charge is 2.35. The summed E-state index contributed by atoms with van der Waals surface area (Å²) in [5.41, 5.74) is 5.53. The minimum Gasteiger partial charge on any atom is -0.480 e. The number of esters is 1. The molecule has 8 heteroatoms. The van der Waals surface area contributed by atoms with Crippen LogP contribution in [0.2, 0.25) is 0 Å². The fourth-order valence-corrected chi connectivity index (χ4v) is 3.28. The van der Waals surface area contributed by atoms with Gasteiger partial charge in [0.25, 0.3) is 0 Å². The van der Waals surface area contributed by atoms with Crippen LogP contribution in [0.1, 0.15) is 58.8 Å². The van der Waals surface area contributed by atoms with Gasteiger partial charge in [0, 0.05) is 6.04 Å². The highest BCUT2D eigenvalue weighted by Crippen LogP contribution is 2.26. The summed E-state index contributed by atoms with van der Waals surface area (Å²) >= 11 is 0. The van der Waals surface area contributed by atoms with Gasteiger partial charge in [-0.3, -0.25) is 14.4 Å². The van der Waals surface area contributed by atoms with Crippen LogP contribution in [0.15, 0.2) is 0 Å². The molecule has 150 valence electrons. The van der Waals surface area contributed by atoms with Crippen LogP contribution in [-0.4, -0.2) is 54.2 Å². The van der Waals surface area contributed by atoms with E-state index in [0.717, 1.165) is 38.5 Å². The third-order valence-electron chi connectivity index (χ3n) is 4.76. The smallest absolute Gasteiger partial charge is 0.325 e. The van der Waals surface area contributed by atoms with Gasteiger partial charge < -0.3 is 26.2 Å². The summed E-state index contributed by atoms with van der Waals surface area (Å²) in [6.07, 6.45) is 5.54. The predicted octanol–water partition coefficient (Wildman–Crippen LogP) is 0.785. The average Bonchev–Trinajstić information content (AvgIpc) is 2.61. The van der Waals surface area contributed by atoms with Crippen LogP contribution in [-0.2, 0) is 19.1 Å². The number of nitrogens with one attached hydrogen (secondary N) is 2. The van der Waals surface area contributed by atoms with Crippen molar-refractivity contribution >= 4 is 17.8 Å². The molecule has 5 N–H and O–H groups in total. The van der Waals surface area contributed by atoms with Crippen molar-refractivity contribution in [2.24, 2.45) is 11.7 Å². The standard InChI is InChI=1S/C18H33N3O5/c1-3-26-18(25)13-8-4-5-9-14(13)21-15(10-6-7-11-19)16(22)20-12(2)17(23)24/h12-15,21H,3-11,19H2,1-2H3,(H,20,22)(H,23,24)/t12-,13?,14?,15?/m0/s1. The molecule has 0 aliphatic heterocycles. The lowest BCUT2D eigenvalue weighted by molar-refractivity contribution is -0.150. The third-order valence-corrected chi connectivity index (χ3v) is 4.76. The molecule has 0 aromatic rings. The van der Waals surface area contributed by atoms with Crippen molar-refractivity contribution in [3.63, 3.8) is 0 Å². The highest BCUT2D eigenvalue weighted by molar-refractivity contribution is 5.86. The van der Waals surface area contributed by atoms with Crippen LogP contribution >= 0.6 is 0 Å². The van der Waals surface area contributed by atoms with Crippen LogP contribution in [0.5, 0.6) is 0 Å². The van der Waals surface area contributed by atoms with Gasteiger partial charge >= 0.3 is 11.9 Å². The van der Waals surface area contributed by atoms with Crippen molar-refractivity contribution in [3.05, 3.63) is 0 Å². The van der Waals surface area contributed by atoms with Crippen molar-refractivity contribution in [3.8, 4) is 0 Å². The fourth-order valence-electron chi connectivity index (χ4n) is 3.28. The first-order valence-electron chi connectivity index (χ1n) is 9.56. The molecule has 1 saturated carbocycles. The maximum Gasteiger partial charge on any atom is 0.325 e. The predicted molar refractivity (Wildman–Crippen MR) is 97.4 cm³/mol. The van der Waals surface area contributed by atoms with E-state index in [1.54, 1.807) is 6.92 Å². The average molecular weight is 371 g/mol. The van der Waals surface area contributed by atoms with Crippen LogP contribution in [0.3, 0.4) is 0 Å². The number of aliphatic carboxylic acids is 1. The van der Waals surface area contributed by atoms with Crippen LogP contribution < -0.4 is 16.4 Å². The summed E-state index contributed by atoms with van der Waals surface area (Å²) in [6.45, 7) is 4.08. The van der Waals surface area contributed by atoms with Gasteiger partial charge in [0.1, 0.15) is 6.04 Å². The van der Waals surface area contributed by atoms with Gasteiger partial charge in [-0.15, -0.1) is 0 Å². The molecule has 1 fully saturated rings. The van der Waals surface area contributed by atoms with Crippen LogP contribution in [0.4, 0.5) is 0 Å². The summed E-state index contributed by atoms with van der Waals surface area (Å²) in [4.78, 5) is 35.8. The second-order valence-corrected chi connectivity index (χ2v) is 6.82. The molecule has 1 amide bonds. The number of carbonyl (C=O) groups excluding carboxylic acids is 2. The molecule has 0 aromatic heterocycles. The Morgan fingerprint density at radius 3 is 2.54 bits per heavy atom. The van der Waals surface area contributed by atoms with Crippen molar-refractivity contribution < 1.29 is 24.2 Å². The molecule has 0 saturated heterocycles. The molecular weight excluding hydrogens is 338 g/mol. The lowest BCUT2D eigenvalue weighted by Gasteiger charge is -2.33. The first kappa shape index (κ1) is 22.4. The zero-order valence-electron chi connectivity index (χ0n) is 15.8. The number of unbranched alkanes of at least 4 members (excludes halogenated alkanes) is 1. The Labute approximate surface area is 155 Å². The summed E-state index contributed by atoms with van der Waals surface area (Å²) < 4.78 is 5.17. The molecule has 8 nitrogen and oxygen atoms in total. The number of ether oxygens (including phenoxy) is 1. The van der Waals surface area contributed by atoms with E-state index in [2.05, 4.69) is 10.6 Å². The Kier molecular flexibility index (Phi) is 10.2. The van der Waals surface area contributed by atoms with Crippen molar-refractivity contribution in [1.29, 1.82) is 0 Å². The molecule has 1 aliphatic rings. The van der Waals surface area contributed by atoms with Gasteiger partial charge in [0.05, 0.1) is 18.6 Å². The van der Waals surface area contributed by atoms with Gasteiger partial charge in [-0.2, -0.15) is 0 Å². The molecular formula is C18H33N3O5. The molecule has 1 rings (SSSR count). The normalized spacial score (nSPS) is 22.3. The second-order valence-electron chi connectivity index (χ2n) is 6.82. The lowest BCUT2D eigenvalue weighted by Crippen LogP contribution is -2.54. The number of hydrogen-bond donors (Lipinski definition) is 4. The number of amides is 1. The number of carbonyl (C=O) groups is 3. The van der Waals surface area contributed by atoms with E-state index < -0.39 is 18.1 Å². The minimum absolute atomic E-state index is 0.142. The minimum atomic E-state index is -1.08. The Balaban J connectivity index is 2.78. The monoisotopic (exact) mass is 371 g/mol. The maximum atomic E-state index is 12.5. The van der Waals surface area contributed by atoms with Gasteiger partial charge in [-0.1, -0.05) is 19.3 Å². The number of carboxylic acid groups (broad SMARTS) is 1. The number of carboxylic acids is 1. The van der Waals surface area contributed by atoms with Crippen molar-refractivity contribution in [2.75, 3.05) is 13.2 Å². The van der Waals surface area contributed by atoms with Crippen LogP contribution in [0, 0.1) is 5.92 Å². The summed E-state index contributed by atoms with van der Waals surface area (Å²) in [6, 6.07) is -1.66. The summed E-state index contributed by atoms with van der Waals surface area (Å²) in [5.74, 6) is -1.94. The summed E-state index contributed by atoms with van der Waals surface area (Å²) in [5, 5.41) is 14.8. The zero-order valence-corrected chi connectivity index (χ0v) is 15.8. The van der Waals surface area contributed by atoms with E-state index in [1.165, 1.54) is 6.92 Å². The molecule has 4 atom stereocenters. The highest BCUT2D eigenvalue weighted by atomic mass is 16.5. The van der Waals surface area contributed by atoms with Gasteiger partial charge in [-0.05, 0) is 46.1 Å². The number of nitrogens with two attached hydrogens (primary N) is 1. The molecule has 0 spiro atoms. The van der Waals surface area contributed by atoms with E-state index in [1.807, 2.05) is 0 Å². The molecule has 0 radical (unpaired) electrons. The second kappa shape index (κ2) is 11.9. The Morgan fingerprint density at radius 2 is 1.92 bits per heavy atom. The van der Waals surface area contributed by atoms with E-state index in [-0.39, 0.29) is 23.8 Å². The van der Waals surface area contributed by atoms with Crippen molar-refractivity contribution in [1.82, 2.24) is 10.6 Å². The van der Waals surface area contributed by atoms with Gasteiger partial charge in [0.2, 0.25) is 5.91 Å². The maximum absolute atomic E-state index is 12.5. The quantitative estimate of drug-likeness (QED) is 0.312.